The monoisotopic (exact) mass is 299 g/mol. The first-order valence-electron chi connectivity index (χ1n) is 6.71. The molecule has 0 saturated carbocycles. The van der Waals surface area contributed by atoms with Gasteiger partial charge in [-0.05, 0) is 48.5 Å². The minimum absolute atomic E-state index is 0.301. The van der Waals surface area contributed by atoms with Gasteiger partial charge in [-0.25, -0.2) is 4.39 Å². The molecule has 1 aromatic heterocycles. The van der Waals surface area contributed by atoms with Crippen LogP contribution in [0.5, 0.6) is 5.75 Å². The zero-order chi connectivity index (χ0) is 15.4. The van der Waals surface area contributed by atoms with E-state index in [9.17, 15) is 4.39 Å². The van der Waals surface area contributed by atoms with E-state index in [1.54, 1.807) is 19.2 Å². The van der Waals surface area contributed by atoms with Gasteiger partial charge in [0.05, 0.1) is 13.7 Å². The van der Waals surface area contributed by atoms with Gasteiger partial charge in [-0.1, -0.05) is 0 Å². The second kappa shape index (κ2) is 6.26. The first-order chi connectivity index (χ1) is 10.7. The summed E-state index contributed by atoms with van der Waals surface area (Å²) in [6.07, 6.45) is 0. The van der Waals surface area contributed by atoms with Crippen LogP contribution in [-0.2, 0) is 6.54 Å². The van der Waals surface area contributed by atoms with Crippen molar-refractivity contribution in [2.75, 3.05) is 12.4 Å². The van der Waals surface area contributed by atoms with Crippen molar-refractivity contribution in [3.05, 3.63) is 60.2 Å². The van der Waals surface area contributed by atoms with Crippen molar-refractivity contribution in [3.8, 4) is 17.2 Å². The fourth-order valence-electron chi connectivity index (χ4n) is 1.92. The molecule has 0 radical (unpaired) electrons. The Kier molecular flexibility index (Phi) is 4.00. The second-order valence-corrected chi connectivity index (χ2v) is 4.59. The maximum Gasteiger partial charge on any atom is 0.247 e. The van der Waals surface area contributed by atoms with Crippen LogP contribution in [0.1, 0.15) is 5.89 Å². The zero-order valence-corrected chi connectivity index (χ0v) is 11.9. The average Bonchev–Trinajstić information content (AvgIpc) is 3.03. The van der Waals surface area contributed by atoms with Gasteiger partial charge in [-0.2, -0.15) is 0 Å². The lowest BCUT2D eigenvalue weighted by atomic mass is 10.2. The number of ether oxygens (including phenoxy) is 1. The summed E-state index contributed by atoms with van der Waals surface area (Å²) in [5.74, 6) is 1.31. The molecule has 5 nitrogen and oxygen atoms in total. The van der Waals surface area contributed by atoms with E-state index in [4.69, 9.17) is 9.15 Å². The first-order valence-corrected chi connectivity index (χ1v) is 6.71. The number of hydrogen-bond acceptors (Lipinski definition) is 5. The second-order valence-electron chi connectivity index (χ2n) is 4.59. The van der Waals surface area contributed by atoms with Crippen molar-refractivity contribution >= 4 is 5.69 Å². The van der Waals surface area contributed by atoms with E-state index in [0.717, 1.165) is 11.4 Å². The summed E-state index contributed by atoms with van der Waals surface area (Å²) in [6.45, 7) is 0.403. The molecule has 0 aliphatic rings. The van der Waals surface area contributed by atoms with Crippen molar-refractivity contribution < 1.29 is 13.5 Å². The van der Waals surface area contributed by atoms with Crippen molar-refractivity contribution in [1.82, 2.24) is 10.2 Å². The maximum absolute atomic E-state index is 12.9. The molecule has 0 atom stereocenters. The van der Waals surface area contributed by atoms with Crippen molar-refractivity contribution in [2.24, 2.45) is 0 Å². The Hall–Kier alpha value is -2.89. The van der Waals surface area contributed by atoms with Crippen LogP contribution in [0.3, 0.4) is 0 Å². The van der Waals surface area contributed by atoms with Gasteiger partial charge >= 0.3 is 0 Å². The molecular formula is C16H14FN3O2. The topological polar surface area (TPSA) is 60.2 Å². The molecular weight excluding hydrogens is 285 g/mol. The molecule has 0 unspecified atom stereocenters. The Morgan fingerprint density at radius 1 is 1.05 bits per heavy atom. The number of rotatable bonds is 5. The smallest absolute Gasteiger partial charge is 0.247 e. The SMILES string of the molecule is COc1ccc(NCc2nnc(-c3ccc(F)cc3)o2)cc1. The van der Waals surface area contributed by atoms with Gasteiger partial charge < -0.3 is 14.5 Å². The van der Waals surface area contributed by atoms with Crippen molar-refractivity contribution in [2.45, 2.75) is 6.54 Å². The summed E-state index contributed by atoms with van der Waals surface area (Å²) in [7, 11) is 1.62. The Morgan fingerprint density at radius 3 is 2.45 bits per heavy atom. The van der Waals surface area contributed by atoms with Gasteiger partial charge in [0.2, 0.25) is 11.8 Å². The third kappa shape index (κ3) is 3.22. The van der Waals surface area contributed by atoms with Crippen LogP contribution in [-0.4, -0.2) is 17.3 Å². The minimum Gasteiger partial charge on any atom is -0.497 e. The first kappa shape index (κ1) is 14.1. The summed E-state index contributed by atoms with van der Waals surface area (Å²) in [5, 5.41) is 11.1. The van der Waals surface area contributed by atoms with Crippen LogP contribution in [0.2, 0.25) is 0 Å². The van der Waals surface area contributed by atoms with Crippen LogP contribution in [0, 0.1) is 5.82 Å². The number of nitrogens with zero attached hydrogens (tertiary/aromatic N) is 2. The molecule has 0 fully saturated rings. The van der Waals surface area contributed by atoms with Crippen molar-refractivity contribution in [1.29, 1.82) is 0 Å². The summed E-state index contributed by atoms with van der Waals surface area (Å²) in [6, 6.07) is 13.4. The highest BCUT2D eigenvalue weighted by molar-refractivity contribution is 5.52. The quantitative estimate of drug-likeness (QED) is 0.781. The Morgan fingerprint density at radius 2 is 1.77 bits per heavy atom. The Bertz CT molecular complexity index is 739. The van der Waals surface area contributed by atoms with Gasteiger partial charge in [0.15, 0.2) is 0 Å². The van der Waals surface area contributed by atoms with E-state index < -0.39 is 0 Å². The van der Waals surface area contributed by atoms with E-state index in [1.165, 1.54) is 12.1 Å². The van der Waals surface area contributed by atoms with E-state index in [-0.39, 0.29) is 5.82 Å². The molecule has 3 aromatic rings. The lowest BCUT2D eigenvalue weighted by molar-refractivity contribution is 0.415. The predicted octanol–water partition coefficient (Wildman–Crippen LogP) is 3.50. The molecule has 0 bridgehead atoms. The third-order valence-corrected chi connectivity index (χ3v) is 3.09. The van der Waals surface area contributed by atoms with Crippen LogP contribution in [0.25, 0.3) is 11.5 Å². The zero-order valence-electron chi connectivity index (χ0n) is 11.9. The predicted molar refractivity (Wildman–Crippen MR) is 80.0 cm³/mol. The molecule has 0 spiro atoms. The molecule has 3 rings (SSSR count). The molecule has 2 aromatic carbocycles. The van der Waals surface area contributed by atoms with Crippen molar-refractivity contribution in [3.63, 3.8) is 0 Å². The van der Waals surface area contributed by atoms with Gasteiger partial charge in [0.1, 0.15) is 11.6 Å². The van der Waals surface area contributed by atoms with Gasteiger partial charge in [-0.3, -0.25) is 0 Å². The van der Waals surface area contributed by atoms with Gasteiger partial charge in [0, 0.05) is 11.3 Å². The van der Waals surface area contributed by atoms with Gasteiger partial charge in [0.25, 0.3) is 0 Å². The number of halogens is 1. The standard InChI is InChI=1S/C16H14FN3O2/c1-21-14-8-6-13(7-9-14)18-10-15-19-20-16(22-15)11-2-4-12(17)5-3-11/h2-9,18H,10H2,1H3. The average molecular weight is 299 g/mol. The molecule has 22 heavy (non-hydrogen) atoms. The highest BCUT2D eigenvalue weighted by Gasteiger charge is 2.08. The number of aromatic nitrogens is 2. The number of hydrogen-bond donors (Lipinski definition) is 1. The molecule has 0 aliphatic carbocycles. The highest BCUT2D eigenvalue weighted by Crippen LogP contribution is 2.19. The molecule has 0 amide bonds. The molecule has 112 valence electrons. The molecule has 1 heterocycles. The van der Waals surface area contributed by atoms with Crippen LogP contribution in [0.15, 0.2) is 52.9 Å². The number of benzene rings is 2. The normalized spacial score (nSPS) is 10.5. The largest absolute Gasteiger partial charge is 0.497 e. The van der Waals surface area contributed by atoms with E-state index in [0.29, 0.717) is 23.9 Å². The Labute approximate surface area is 126 Å². The minimum atomic E-state index is -0.301. The summed E-state index contributed by atoms with van der Waals surface area (Å²) in [4.78, 5) is 0. The third-order valence-electron chi connectivity index (χ3n) is 3.09. The lowest BCUT2D eigenvalue weighted by Gasteiger charge is -2.04. The van der Waals surface area contributed by atoms with Crippen LogP contribution >= 0.6 is 0 Å². The fraction of sp³-hybridized carbons (Fsp3) is 0.125. The van der Waals surface area contributed by atoms with Crippen LogP contribution < -0.4 is 10.1 Å². The summed E-state index contributed by atoms with van der Waals surface area (Å²) in [5.41, 5.74) is 1.60. The number of nitrogens with one attached hydrogen (secondary N) is 1. The maximum atomic E-state index is 12.9. The molecule has 0 saturated heterocycles. The van der Waals surface area contributed by atoms with Gasteiger partial charge in [-0.15, -0.1) is 10.2 Å². The Balaban J connectivity index is 1.65. The highest BCUT2D eigenvalue weighted by atomic mass is 19.1. The lowest BCUT2D eigenvalue weighted by Crippen LogP contribution is -1.99. The fourth-order valence-corrected chi connectivity index (χ4v) is 1.92. The summed E-state index contributed by atoms with van der Waals surface area (Å²) >= 11 is 0. The van der Waals surface area contributed by atoms with E-state index in [1.807, 2.05) is 24.3 Å². The molecule has 0 aliphatic heterocycles. The van der Waals surface area contributed by atoms with E-state index in [2.05, 4.69) is 15.5 Å². The number of anilines is 1. The molecule has 1 N–H and O–H groups in total. The number of methoxy groups -OCH3 is 1. The van der Waals surface area contributed by atoms with Crippen LogP contribution in [0.4, 0.5) is 10.1 Å². The van der Waals surface area contributed by atoms with E-state index >= 15 is 0 Å². The molecule has 6 heteroatoms. The summed E-state index contributed by atoms with van der Waals surface area (Å²) < 4.78 is 23.5.